The van der Waals surface area contributed by atoms with E-state index in [0.29, 0.717) is 0 Å². The van der Waals surface area contributed by atoms with Crippen molar-refractivity contribution in [3.63, 3.8) is 0 Å². The summed E-state index contributed by atoms with van der Waals surface area (Å²) >= 11 is 0. The monoisotopic (exact) mass is 260 g/mol. The molecule has 1 heteroatoms. The van der Waals surface area contributed by atoms with Gasteiger partial charge in [-0.25, -0.2) is 0 Å². The van der Waals surface area contributed by atoms with E-state index in [1.165, 1.54) is 16.7 Å². The van der Waals surface area contributed by atoms with E-state index in [2.05, 4.69) is 66.7 Å². The van der Waals surface area contributed by atoms with Crippen LogP contribution in [0.1, 0.15) is 65.2 Å². The number of allylic oxidation sites excluding steroid dienone is 1. The highest BCUT2D eigenvalue weighted by Crippen LogP contribution is 2.32. The molecule has 0 aromatic heterocycles. The van der Waals surface area contributed by atoms with Crippen molar-refractivity contribution in [2.24, 2.45) is 0 Å². The van der Waals surface area contributed by atoms with Crippen molar-refractivity contribution >= 4 is 5.57 Å². The third-order valence-electron chi connectivity index (χ3n) is 3.52. The average molecular weight is 260 g/mol. The average Bonchev–Trinajstić information content (AvgIpc) is 2.26. The van der Waals surface area contributed by atoms with Crippen LogP contribution in [0.15, 0.2) is 24.3 Å². The first-order valence-corrected chi connectivity index (χ1v) is 7.00. The maximum absolute atomic E-state index is 9.08. The number of rotatable bonds is 2. The van der Waals surface area contributed by atoms with E-state index in [-0.39, 0.29) is 17.4 Å². The second-order valence-electron chi connectivity index (χ2n) is 7.37. The molecular formula is C18H28O. The lowest BCUT2D eigenvalue weighted by Crippen LogP contribution is -2.16. The summed E-state index contributed by atoms with van der Waals surface area (Å²) < 4.78 is 0. The van der Waals surface area contributed by atoms with Gasteiger partial charge in [-0.15, -0.1) is 0 Å². The molecule has 0 spiro atoms. The zero-order valence-corrected chi connectivity index (χ0v) is 13.5. The number of hydrogen-bond donors (Lipinski definition) is 1. The molecule has 0 radical (unpaired) electrons. The van der Waals surface area contributed by atoms with Gasteiger partial charge in [0.15, 0.2) is 0 Å². The maximum atomic E-state index is 9.08. The molecule has 1 N–H and O–H groups in total. The van der Waals surface area contributed by atoms with Crippen LogP contribution in [0, 0.1) is 0 Å². The van der Waals surface area contributed by atoms with Crippen LogP contribution in [-0.2, 0) is 10.8 Å². The fraction of sp³-hybridized carbons (Fsp3) is 0.556. The Labute approximate surface area is 118 Å². The highest BCUT2D eigenvalue weighted by molar-refractivity contribution is 5.65. The zero-order valence-electron chi connectivity index (χ0n) is 13.5. The first kappa shape index (κ1) is 16.0. The SMILES string of the molecule is C/C(=C/CO)c1cc(C(C)(C)C)cc(C(C)(C)C)c1. The summed E-state index contributed by atoms with van der Waals surface area (Å²) in [5, 5.41) is 9.08. The first-order chi connectivity index (χ1) is 8.55. The smallest absolute Gasteiger partial charge is 0.0618 e. The molecule has 106 valence electrons. The summed E-state index contributed by atoms with van der Waals surface area (Å²) in [6, 6.07) is 6.81. The molecule has 0 aliphatic rings. The number of benzene rings is 1. The molecule has 1 rings (SSSR count). The third-order valence-corrected chi connectivity index (χ3v) is 3.52. The van der Waals surface area contributed by atoms with Crippen molar-refractivity contribution in [3.05, 3.63) is 41.0 Å². The van der Waals surface area contributed by atoms with Crippen molar-refractivity contribution in [3.8, 4) is 0 Å². The van der Waals surface area contributed by atoms with E-state index in [9.17, 15) is 0 Å². The Morgan fingerprint density at radius 2 is 1.37 bits per heavy atom. The topological polar surface area (TPSA) is 20.2 Å². The number of hydrogen-bond acceptors (Lipinski definition) is 1. The summed E-state index contributed by atoms with van der Waals surface area (Å²) in [4.78, 5) is 0. The largest absolute Gasteiger partial charge is 0.392 e. The van der Waals surface area contributed by atoms with E-state index in [0.717, 1.165) is 5.57 Å². The highest BCUT2D eigenvalue weighted by atomic mass is 16.2. The molecule has 0 unspecified atom stereocenters. The van der Waals surface area contributed by atoms with Crippen LogP contribution in [0.4, 0.5) is 0 Å². The van der Waals surface area contributed by atoms with Gasteiger partial charge in [0, 0.05) is 0 Å². The summed E-state index contributed by atoms with van der Waals surface area (Å²) in [6.07, 6.45) is 1.87. The molecule has 1 aromatic rings. The van der Waals surface area contributed by atoms with Crippen LogP contribution in [-0.4, -0.2) is 11.7 Å². The third kappa shape index (κ3) is 4.21. The van der Waals surface area contributed by atoms with Crippen LogP contribution in [0.5, 0.6) is 0 Å². The quantitative estimate of drug-likeness (QED) is 0.818. The molecule has 0 aliphatic heterocycles. The zero-order chi connectivity index (χ0) is 14.8. The fourth-order valence-corrected chi connectivity index (χ4v) is 1.98. The minimum absolute atomic E-state index is 0.0937. The molecule has 19 heavy (non-hydrogen) atoms. The predicted octanol–water partition coefficient (Wildman–Crippen LogP) is 4.68. The summed E-state index contributed by atoms with van der Waals surface area (Å²) in [7, 11) is 0. The van der Waals surface area contributed by atoms with E-state index in [1.807, 2.05) is 6.08 Å². The van der Waals surface area contributed by atoms with Gasteiger partial charge < -0.3 is 5.11 Å². The molecule has 0 aliphatic carbocycles. The van der Waals surface area contributed by atoms with E-state index < -0.39 is 0 Å². The highest BCUT2D eigenvalue weighted by Gasteiger charge is 2.20. The lowest BCUT2D eigenvalue weighted by Gasteiger charge is -2.26. The van der Waals surface area contributed by atoms with Crippen molar-refractivity contribution in [2.75, 3.05) is 6.61 Å². The molecule has 0 heterocycles. The van der Waals surface area contributed by atoms with Gasteiger partial charge in [0.25, 0.3) is 0 Å². The summed E-state index contributed by atoms with van der Waals surface area (Å²) in [6.45, 7) is 15.6. The van der Waals surface area contributed by atoms with Crippen molar-refractivity contribution < 1.29 is 5.11 Å². The normalized spacial score (nSPS) is 13.8. The van der Waals surface area contributed by atoms with E-state index in [1.54, 1.807) is 0 Å². The molecule has 1 aromatic carbocycles. The van der Waals surface area contributed by atoms with Gasteiger partial charge in [0.05, 0.1) is 6.61 Å². The standard InChI is InChI=1S/C18H28O/c1-13(8-9-19)14-10-15(17(2,3)4)12-16(11-14)18(5,6)7/h8,10-12,19H,9H2,1-7H3/b13-8-. The molecule has 0 atom stereocenters. The van der Waals surface area contributed by atoms with Crippen molar-refractivity contribution in [1.29, 1.82) is 0 Å². The summed E-state index contributed by atoms with van der Waals surface area (Å²) in [5.41, 5.74) is 5.32. The van der Waals surface area contributed by atoms with E-state index >= 15 is 0 Å². The Kier molecular flexibility index (Phi) is 4.63. The summed E-state index contributed by atoms with van der Waals surface area (Å²) in [5.74, 6) is 0. The maximum Gasteiger partial charge on any atom is 0.0618 e. The number of aliphatic hydroxyl groups excluding tert-OH is 1. The predicted molar refractivity (Wildman–Crippen MR) is 84.6 cm³/mol. The number of aliphatic hydroxyl groups is 1. The van der Waals surface area contributed by atoms with E-state index in [4.69, 9.17) is 5.11 Å². The van der Waals surface area contributed by atoms with Crippen LogP contribution in [0.2, 0.25) is 0 Å². The molecule has 0 saturated carbocycles. The molecule has 0 amide bonds. The van der Waals surface area contributed by atoms with Crippen LogP contribution in [0.3, 0.4) is 0 Å². The lowest BCUT2D eigenvalue weighted by molar-refractivity contribution is 0.343. The minimum atomic E-state index is 0.0937. The Balaban J connectivity index is 3.46. The Bertz CT molecular complexity index is 435. The van der Waals surface area contributed by atoms with Gasteiger partial charge in [0.2, 0.25) is 0 Å². The second-order valence-corrected chi connectivity index (χ2v) is 7.37. The Morgan fingerprint density at radius 1 is 0.947 bits per heavy atom. The minimum Gasteiger partial charge on any atom is -0.392 e. The fourth-order valence-electron chi connectivity index (χ4n) is 1.98. The molecule has 0 saturated heterocycles. The molecule has 1 nitrogen and oxygen atoms in total. The van der Waals surface area contributed by atoms with Crippen molar-refractivity contribution in [2.45, 2.75) is 59.3 Å². The van der Waals surface area contributed by atoms with Crippen LogP contribution < -0.4 is 0 Å². The Morgan fingerprint density at radius 3 is 1.68 bits per heavy atom. The van der Waals surface area contributed by atoms with Crippen LogP contribution in [0.25, 0.3) is 5.57 Å². The first-order valence-electron chi connectivity index (χ1n) is 7.00. The molecular weight excluding hydrogens is 232 g/mol. The lowest BCUT2D eigenvalue weighted by atomic mass is 9.79. The van der Waals surface area contributed by atoms with Crippen LogP contribution >= 0.6 is 0 Å². The molecule has 0 bridgehead atoms. The van der Waals surface area contributed by atoms with Gasteiger partial charge in [-0.1, -0.05) is 65.8 Å². The van der Waals surface area contributed by atoms with Crippen molar-refractivity contribution in [1.82, 2.24) is 0 Å². The molecule has 0 fully saturated rings. The van der Waals surface area contributed by atoms with Gasteiger partial charge >= 0.3 is 0 Å². The second kappa shape index (κ2) is 5.50. The van der Waals surface area contributed by atoms with Gasteiger partial charge in [-0.3, -0.25) is 0 Å². The Hall–Kier alpha value is -1.08. The van der Waals surface area contributed by atoms with Gasteiger partial charge in [-0.05, 0) is 40.0 Å². The van der Waals surface area contributed by atoms with Gasteiger partial charge in [-0.2, -0.15) is 0 Å². The van der Waals surface area contributed by atoms with Gasteiger partial charge in [0.1, 0.15) is 0 Å².